The highest BCUT2D eigenvalue weighted by Crippen LogP contribution is 2.11. The summed E-state index contributed by atoms with van der Waals surface area (Å²) in [6.07, 6.45) is 0. The molecule has 1 aromatic rings. The number of ketones is 1. The summed E-state index contributed by atoms with van der Waals surface area (Å²) in [6.45, 7) is 1.26. The molecule has 1 unspecified atom stereocenters. The molecule has 0 saturated carbocycles. The van der Waals surface area contributed by atoms with E-state index in [1.54, 1.807) is 24.3 Å². The molecule has 1 aromatic carbocycles. The van der Waals surface area contributed by atoms with Crippen LogP contribution in [0.2, 0.25) is 0 Å². The van der Waals surface area contributed by atoms with Crippen molar-refractivity contribution in [2.75, 3.05) is 0 Å². The molecule has 1 atom stereocenters. The van der Waals surface area contributed by atoms with Gasteiger partial charge < -0.3 is 4.74 Å². The number of esters is 1. The molecule has 3 nitrogen and oxygen atoms in total. The van der Waals surface area contributed by atoms with Crippen molar-refractivity contribution in [3.63, 3.8) is 0 Å². The lowest BCUT2D eigenvalue weighted by molar-refractivity contribution is -0.140. The zero-order valence-corrected chi connectivity index (χ0v) is 9.15. The van der Waals surface area contributed by atoms with Crippen LogP contribution in [0.4, 0.5) is 0 Å². The fourth-order valence-corrected chi connectivity index (χ4v) is 1.46. The predicted molar refractivity (Wildman–Crippen MR) is 55.3 cm³/mol. The second-order valence-electron chi connectivity index (χ2n) is 2.66. The molecule has 0 aromatic heterocycles. The summed E-state index contributed by atoms with van der Waals surface area (Å²) in [4.78, 5) is 22.1. The third-order valence-electron chi connectivity index (χ3n) is 1.53. The molecule has 0 spiro atoms. The molecule has 0 radical (unpaired) electrons. The number of benzene rings is 1. The molecule has 14 heavy (non-hydrogen) atoms. The third-order valence-corrected chi connectivity index (χ3v) is 2.14. The van der Waals surface area contributed by atoms with E-state index in [4.69, 9.17) is 4.74 Å². The Labute approximate surface area is 90.2 Å². The van der Waals surface area contributed by atoms with Crippen LogP contribution in [0.15, 0.2) is 30.3 Å². The molecule has 0 heterocycles. The van der Waals surface area contributed by atoms with Crippen LogP contribution in [-0.2, 0) is 9.53 Å². The highest BCUT2D eigenvalue weighted by molar-refractivity contribution is 9.09. The van der Waals surface area contributed by atoms with Gasteiger partial charge in [0.15, 0.2) is 0 Å². The molecule has 4 heteroatoms. The van der Waals surface area contributed by atoms with Gasteiger partial charge in [-0.2, -0.15) is 0 Å². The van der Waals surface area contributed by atoms with E-state index in [-0.39, 0.29) is 5.78 Å². The molecule has 74 valence electrons. The Morgan fingerprint density at radius 1 is 1.29 bits per heavy atom. The topological polar surface area (TPSA) is 43.4 Å². The van der Waals surface area contributed by atoms with Crippen molar-refractivity contribution in [1.82, 2.24) is 0 Å². The van der Waals surface area contributed by atoms with Gasteiger partial charge in [0, 0.05) is 12.5 Å². The predicted octanol–water partition coefficient (Wildman–Crippen LogP) is 2.15. The number of rotatable bonds is 3. The summed E-state index contributed by atoms with van der Waals surface area (Å²) in [5.41, 5.74) is 0.510. The second kappa shape index (κ2) is 4.91. The minimum atomic E-state index is -0.901. The number of hydrogen-bond donors (Lipinski definition) is 0. The van der Waals surface area contributed by atoms with Gasteiger partial charge in [-0.25, -0.2) is 0 Å². The van der Waals surface area contributed by atoms with Crippen LogP contribution in [0.25, 0.3) is 0 Å². The van der Waals surface area contributed by atoms with Gasteiger partial charge in [0.05, 0.1) is 0 Å². The molecule has 0 N–H and O–H groups in total. The van der Waals surface area contributed by atoms with Crippen molar-refractivity contribution >= 4 is 27.7 Å². The first-order valence-corrected chi connectivity index (χ1v) is 4.93. The maximum absolute atomic E-state index is 11.6. The first-order chi connectivity index (χ1) is 6.61. The molecule has 1 rings (SSSR count). The number of hydrogen-bond acceptors (Lipinski definition) is 3. The van der Waals surface area contributed by atoms with Crippen molar-refractivity contribution in [3.8, 4) is 0 Å². The maximum atomic E-state index is 11.6. The number of carbonyl (C=O) groups is 2. The Balaban J connectivity index is 2.71. The average Bonchev–Trinajstić information content (AvgIpc) is 2.17. The van der Waals surface area contributed by atoms with Crippen molar-refractivity contribution in [2.24, 2.45) is 0 Å². The standard InChI is InChI=1S/C10H9BrO3/c1-7(12)14-10(11)9(13)8-5-3-2-4-6-8/h2-6,10H,1H3. The van der Waals surface area contributed by atoms with Gasteiger partial charge in [-0.05, 0) is 15.9 Å². The van der Waals surface area contributed by atoms with Gasteiger partial charge in [0.1, 0.15) is 0 Å². The number of ether oxygens (including phenoxy) is 1. The smallest absolute Gasteiger partial charge is 0.304 e. The second-order valence-corrected chi connectivity index (χ2v) is 3.49. The zero-order valence-electron chi connectivity index (χ0n) is 7.57. The fraction of sp³-hybridized carbons (Fsp3) is 0.200. The lowest BCUT2D eigenvalue weighted by Crippen LogP contribution is -2.20. The lowest BCUT2D eigenvalue weighted by Gasteiger charge is -2.08. The van der Waals surface area contributed by atoms with Crippen LogP contribution >= 0.6 is 15.9 Å². The van der Waals surface area contributed by atoms with E-state index < -0.39 is 11.0 Å². The number of halogens is 1. The summed E-state index contributed by atoms with van der Waals surface area (Å²) >= 11 is 2.99. The Morgan fingerprint density at radius 2 is 1.86 bits per heavy atom. The number of Topliss-reactive ketones (excluding diaryl/α,β-unsaturated/α-hetero) is 1. The summed E-state index contributed by atoms with van der Waals surface area (Å²) < 4.78 is 4.69. The minimum absolute atomic E-state index is 0.263. The molecular formula is C10H9BrO3. The summed E-state index contributed by atoms with van der Waals surface area (Å²) in [5.74, 6) is -0.753. The Bertz CT molecular complexity index is 334. The highest BCUT2D eigenvalue weighted by atomic mass is 79.9. The first kappa shape index (κ1) is 10.9. The molecule has 0 aliphatic rings. The summed E-state index contributed by atoms with van der Waals surface area (Å²) in [5, 5.41) is -0.901. The molecule has 0 saturated heterocycles. The quantitative estimate of drug-likeness (QED) is 0.473. The van der Waals surface area contributed by atoms with Crippen molar-refractivity contribution in [3.05, 3.63) is 35.9 Å². The lowest BCUT2D eigenvalue weighted by atomic mass is 10.1. The van der Waals surface area contributed by atoms with Crippen molar-refractivity contribution in [2.45, 2.75) is 11.9 Å². The minimum Gasteiger partial charge on any atom is -0.442 e. The Kier molecular flexibility index (Phi) is 3.83. The summed E-state index contributed by atoms with van der Waals surface area (Å²) in [6, 6.07) is 8.65. The number of carbonyl (C=O) groups excluding carboxylic acids is 2. The third kappa shape index (κ3) is 2.96. The normalized spacial score (nSPS) is 11.9. The van der Waals surface area contributed by atoms with E-state index in [0.717, 1.165) is 0 Å². The van der Waals surface area contributed by atoms with E-state index >= 15 is 0 Å². The summed E-state index contributed by atoms with van der Waals surface area (Å²) in [7, 11) is 0. The van der Waals surface area contributed by atoms with Gasteiger partial charge in [-0.15, -0.1) is 0 Å². The Hall–Kier alpha value is -1.16. The SMILES string of the molecule is CC(=O)OC(Br)C(=O)c1ccccc1. The van der Waals surface area contributed by atoms with Gasteiger partial charge in [0.25, 0.3) is 0 Å². The van der Waals surface area contributed by atoms with E-state index in [0.29, 0.717) is 5.56 Å². The van der Waals surface area contributed by atoms with Crippen LogP contribution in [0, 0.1) is 0 Å². The fourth-order valence-electron chi connectivity index (χ4n) is 0.933. The van der Waals surface area contributed by atoms with E-state index in [9.17, 15) is 9.59 Å². The molecule has 0 aliphatic heterocycles. The van der Waals surface area contributed by atoms with E-state index in [2.05, 4.69) is 15.9 Å². The monoisotopic (exact) mass is 256 g/mol. The molecular weight excluding hydrogens is 248 g/mol. The molecule has 0 aliphatic carbocycles. The van der Waals surface area contributed by atoms with Crippen LogP contribution in [0.3, 0.4) is 0 Å². The molecule has 0 bridgehead atoms. The van der Waals surface area contributed by atoms with Crippen LogP contribution < -0.4 is 0 Å². The molecule has 0 fully saturated rings. The Morgan fingerprint density at radius 3 is 2.36 bits per heavy atom. The van der Waals surface area contributed by atoms with Crippen LogP contribution in [0.5, 0.6) is 0 Å². The average molecular weight is 257 g/mol. The highest BCUT2D eigenvalue weighted by Gasteiger charge is 2.18. The van der Waals surface area contributed by atoms with Crippen molar-refractivity contribution < 1.29 is 14.3 Å². The zero-order chi connectivity index (χ0) is 10.6. The molecule has 0 amide bonds. The van der Waals surface area contributed by atoms with Crippen LogP contribution in [0.1, 0.15) is 17.3 Å². The van der Waals surface area contributed by atoms with Gasteiger partial charge in [-0.1, -0.05) is 30.3 Å². The van der Waals surface area contributed by atoms with Crippen molar-refractivity contribution in [1.29, 1.82) is 0 Å². The van der Waals surface area contributed by atoms with E-state index in [1.165, 1.54) is 6.92 Å². The largest absolute Gasteiger partial charge is 0.442 e. The first-order valence-electron chi connectivity index (χ1n) is 4.02. The van der Waals surface area contributed by atoms with Gasteiger partial charge in [-0.3, -0.25) is 9.59 Å². The number of alkyl halides is 1. The van der Waals surface area contributed by atoms with Crippen LogP contribution in [-0.4, -0.2) is 16.8 Å². The van der Waals surface area contributed by atoms with Gasteiger partial charge in [0.2, 0.25) is 10.8 Å². The maximum Gasteiger partial charge on any atom is 0.304 e. The van der Waals surface area contributed by atoms with E-state index in [1.807, 2.05) is 6.07 Å². The van der Waals surface area contributed by atoms with Gasteiger partial charge >= 0.3 is 5.97 Å².